The molecule has 1 heterocycles. The molecule has 0 bridgehead atoms. The predicted octanol–water partition coefficient (Wildman–Crippen LogP) is 3.95. The summed E-state index contributed by atoms with van der Waals surface area (Å²) < 4.78 is 0. The predicted molar refractivity (Wildman–Crippen MR) is 93.5 cm³/mol. The van der Waals surface area contributed by atoms with Crippen LogP contribution in [0, 0.1) is 0 Å². The van der Waals surface area contributed by atoms with E-state index in [0.717, 1.165) is 22.6 Å². The van der Waals surface area contributed by atoms with Crippen LogP contribution < -0.4 is 5.32 Å². The lowest BCUT2D eigenvalue weighted by molar-refractivity contribution is -0.115. The molecular weight excluding hydrogens is 306 g/mol. The van der Waals surface area contributed by atoms with Crippen molar-refractivity contribution in [1.82, 2.24) is 10.2 Å². The summed E-state index contributed by atoms with van der Waals surface area (Å²) in [6.45, 7) is 2.11. The lowest BCUT2D eigenvalue weighted by Crippen LogP contribution is -2.14. The number of hydrogen-bond donors (Lipinski definition) is 1. The number of aromatic nitrogens is 2. The highest BCUT2D eigenvalue weighted by atomic mass is 32.1. The summed E-state index contributed by atoms with van der Waals surface area (Å²) in [5.74, 6) is -0.0787. The van der Waals surface area contributed by atoms with E-state index < -0.39 is 0 Å². The van der Waals surface area contributed by atoms with Crippen molar-refractivity contribution in [3.8, 4) is 10.6 Å². The second kappa shape index (κ2) is 7.15. The van der Waals surface area contributed by atoms with E-state index in [4.69, 9.17) is 0 Å². The van der Waals surface area contributed by atoms with Gasteiger partial charge in [-0.25, -0.2) is 0 Å². The van der Waals surface area contributed by atoms with E-state index in [1.54, 1.807) is 0 Å². The Morgan fingerprint density at radius 2 is 1.70 bits per heavy atom. The number of hydrogen-bond acceptors (Lipinski definition) is 4. The minimum absolute atomic E-state index is 0.0787. The smallest absolute Gasteiger partial charge is 0.230 e. The molecule has 1 N–H and O–H groups in total. The highest BCUT2D eigenvalue weighted by Crippen LogP contribution is 2.25. The molecule has 3 aromatic rings. The van der Waals surface area contributed by atoms with E-state index in [2.05, 4.69) is 34.6 Å². The first-order chi connectivity index (χ1) is 11.2. The van der Waals surface area contributed by atoms with Gasteiger partial charge in [0.1, 0.15) is 5.01 Å². The molecule has 0 fully saturated rings. The molecule has 0 saturated carbocycles. The number of amides is 1. The van der Waals surface area contributed by atoms with E-state index in [1.165, 1.54) is 16.9 Å². The quantitative estimate of drug-likeness (QED) is 0.773. The Morgan fingerprint density at radius 3 is 2.39 bits per heavy atom. The van der Waals surface area contributed by atoms with Crippen molar-refractivity contribution in [2.75, 3.05) is 5.32 Å². The molecule has 0 aliphatic heterocycles. The summed E-state index contributed by atoms with van der Waals surface area (Å²) in [6.07, 6.45) is 1.34. The van der Waals surface area contributed by atoms with Crippen LogP contribution in [0.25, 0.3) is 10.6 Å². The topological polar surface area (TPSA) is 54.9 Å². The molecule has 2 aromatic carbocycles. The van der Waals surface area contributed by atoms with Gasteiger partial charge in [0.05, 0.1) is 6.42 Å². The van der Waals surface area contributed by atoms with Gasteiger partial charge in [-0.15, -0.1) is 10.2 Å². The number of rotatable bonds is 5. The third kappa shape index (κ3) is 4.02. The molecule has 4 nitrogen and oxygen atoms in total. The lowest BCUT2D eigenvalue weighted by Gasteiger charge is -2.03. The van der Waals surface area contributed by atoms with E-state index in [0.29, 0.717) is 11.6 Å². The zero-order valence-electron chi connectivity index (χ0n) is 12.8. The summed E-state index contributed by atoms with van der Waals surface area (Å²) in [5, 5.41) is 12.3. The van der Waals surface area contributed by atoms with Crippen molar-refractivity contribution in [1.29, 1.82) is 0 Å². The molecule has 0 aliphatic carbocycles. The van der Waals surface area contributed by atoms with E-state index in [9.17, 15) is 4.79 Å². The number of nitrogens with one attached hydrogen (secondary N) is 1. The van der Waals surface area contributed by atoms with Gasteiger partial charge >= 0.3 is 0 Å². The average molecular weight is 323 g/mol. The van der Waals surface area contributed by atoms with Crippen molar-refractivity contribution in [2.24, 2.45) is 0 Å². The molecule has 0 saturated heterocycles. The molecule has 23 heavy (non-hydrogen) atoms. The number of nitrogens with zero attached hydrogens (tertiary/aromatic N) is 2. The highest BCUT2D eigenvalue weighted by Gasteiger charge is 2.10. The molecule has 116 valence electrons. The van der Waals surface area contributed by atoms with Gasteiger partial charge < -0.3 is 5.32 Å². The average Bonchev–Trinajstić information content (AvgIpc) is 3.04. The van der Waals surface area contributed by atoms with Gasteiger partial charge in [-0.1, -0.05) is 72.9 Å². The summed E-state index contributed by atoms with van der Waals surface area (Å²) in [5.41, 5.74) is 3.26. The second-order valence-corrected chi connectivity index (χ2v) is 6.15. The molecule has 0 radical (unpaired) electrons. The molecule has 0 atom stereocenters. The molecule has 0 unspecified atom stereocenters. The monoisotopic (exact) mass is 323 g/mol. The molecule has 1 aromatic heterocycles. The molecule has 3 rings (SSSR count). The Bertz CT molecular complexity index is 782. The number of anilines is 1. The zero-order chi connectivity index (χ0) is 16.1. The van der Waals surface area contributed by atoms with Crippen LogP contribution in [0.15, 0.2) is 54.6 Å². The number of carbonyl (C=O) groups excluding carboxylic acids is 1. The Balaban J connectivity index is 1.63. The van der Waals surface area contributed by atoms with Crippen LogP contribution in [0.5, 0.6) is 0 Å². The zero-order valence-corrected chi connectivity index (χ0v) is 13.6. The number of benzene rings is 2. The van der Waals surface area contributed by atoms with Gasteiger partial charge in [-0.2, -0.15) is 0 Å². The third-order valence-electron chi connectivity index (χ3n) is 3.49. The van der Waals surface area contributed by atoms with Gasteiger partial charge in [-0.05, 0) is 17.5 Å². The lowest BCUT2D eigenvalue weighted by atomic mass is 10.1. The van der Waals surface area contributed by atoms with Crippen LogP contribution >= 0.6 is 11.3 Å². The first-order valence-corrected chi connectivity index (χ1v) is 8.33. The second-order valence-electron chi connectivity index (χ2n) is 5.17. The fraction of sp³-hybridized carbons (Fsp3) is 0.167. The summed E-state index contributed by atoms with van der Waals surface area (Å²) in [7, 11) is 0. The van der Waals surface area contributed by atoms with Crippen LogP contribution in [0.3, 0.4) is 0 Å². The maximum Gasteiger partial charge on any atom is 0.230 e. The normalized spacial score (nSPS) is 10.5. The van der Waals surface area contributed by atoms with Crippen LogP contribution in [0.4, 0.5) is 5.13 Å². The maximum atomic E-state index is 12.1. The van der Waals surface area contributed by atoms with Crippen molar-refractivity contribution in [3.05, 3.63) is 65.7 Å². The maximum absolute atomic E-state index is 12.1. The minimum atomic E-state index is -0.0787. The molecule has 5 heteroatoms. The summed E-state index contributed by atoms with van der Waals surface area (Å²) in [4.78, 5) is 12.1. The fourth-order valence-electron chi connectivity index (χ4n) is 2.21. The van der Waals surface area contributed by atoms with Crippen molar-refractivity contribution < 1.29 is 4.79 Å². The van der Waals surface area contributed by atoms with E-state index >= 15 is 0 Å². The van der Waals surface area contributed by atoms with E-state index in [1.807, 2.05) is 42.5 Å². The third-order valence-corrected chi connectivity index (χ3v) is 4.38. The minimum Gasteiger partial charge on any atom is -0.300 e. The molecule has 1 amide bonds. The van der Waals surface area contributed by atoms with Gasteiger partial charge in [0.15, 0.2) is 0 Å². The summed E-state index contributed by atoms with van der Waals surface area (Å²) >= 11 is 1.38. The number of aryl methyl sites for hydroxylation is 1. The van der Waals surface area contributed by atoms with Crippen molar-refractivity contribution >= 4 is 22.4 Å². The standard InChI is InChI=1S/C18H17N3OS/c1-2-13-8-10-14(11-9-13)12-16(22)19-18-21-20-17(23-18)15-6-4-3-5-7-15/h3-11H,2,12H2,1H3,(H,19,21,22). The van der Waals surface area contributed by atoms with Crippen LogP contribution in [0.1, 0.15) is 18.1 Å². The largest absolute Gasteiger partial charge is 0.300 e. The summed E-state index contributed by atoms with van der Waals surface area (Å²) in [6, 6.07) is 17.9. The molecular formula is C18H17N3OS. The van der Waals surface area contributed by atoms with Crippen molar-refractivity contribution in [2.45, 2.75) is 19.8 Å². The fourth-order valence-corrected chi connectivity index (χ4v) is 2.98. The van der Waals surface area contributed by atoms with Gasteiger partial charge in [-0.3, -0.25) is 4.79 Å². The van der Waals surface area contributed by atoms with Gasteiger partial charge in [0, 0.05) is 5.56 Å². The van der Waals surface area contributed by atoms with E-state index in [-0.39, 0.29) is 5.91 Å². The Hall–Kier alpha value is -2.53. The van der Waals surface area contributed by atoms with Gasteiger partial charge in [0.2, 0.25) is 11.0 Å². The molecule has 0 spiro atoms. The van der Waals surface area contributed by atoms with Crippen LogP contribution in [-0.2, 0) is 17.6 Å². The van der Waals surface area contributed by atoms with Gasteiger partial charge in [0.25, 0.3) is 0 Å². The van der Waals surface area contributed by atoms with Crippen LogP contribution in [0.2, 0.25) is 0 Å². The van der Waals surface area contributed by atoms with Crippen molar-refractivity contribution in [3.63, 3.8) is 0 Å². The van der Waals surface area contributed by atoms with Crippen LogP contribution in [-0.4, -0.2) is 16.1 Å². The Labute approximate surface area is 139 Å². The Morgan fingerprint density at radius 1 is 1.00 bits per heavy atom. The SMILES string of the molecule is CCc1ccc(CC(=O)Nc2nnc(-c3ccccc3)s2)cc1. The Kier molecular flexibility index (Phi) is 4.78. The first kappa shape index (κ1) is 15.4. The first-order valence-electron chi connectivity index (χ1n) is 7.51. The molecule has 0 aliphatic rings. The highest BCUT2D eigenvalue weighted by molar-refractivity contribution is 7.18. The number of carbonyl (C=O) groups is 1.